The summed E-state index contributed by atoms with van der Waals surface area (Å²) in [6.07, 6.45) is 9.30. The summed E-state index contributed by atoms with van der Waals surface area (Å²) in [5.74, 6) is 0. The molecule has 0 aromatic carbocycles. The molecule has 1 aliphatic heterocycles. The lowest BCUT2D eigenvalue weighted by molar-refractivity contribution is 0.497. The lowest BCUT2D eigenvalue weighted by Crippen LogP contribution is -2.30. The van der Waals surface area contributed by atoms with Crippen molar-refractivity contribution in [3.8, 4) is 0 Å². The molecule has 1 rings (SSSR count). The van der Waals surface area contributed by atoms with E-state index in [0.717, 1.165) is 13.0 Å². The minimum Gasteiger partial charge on any atom is -0.307 e. The Balaban J connectivity index is 2.24. The van der Waals surface area contributed by atoms with Gasteiger partial charge in [-0.15, -0.1) is 0 Å². The standard InChI is InChI=1S/C9H16NO/c11-8-9-6-4-2-1-3-5-7-10-9/h9-10H,1-7H2. The highest BCUT2D eigenvalue weighted by Gasteiger charge is 2.07. The van der Waals surface area contributed by atoms with Gasteiger partial charge in [-0.25, -0.2) is 0 Å². The largest absolute Gasteiger partial charge is 0.307 e. The van der Waals surface area contributed by atoms with Crippen LogP contribution in [0.4, 0.5) is 0 Å². The number of hydrogen-bond acceptors (Lipinski definition) is 2. The fraction of sp³-hybridized carbons (Fsp3) is 0.889. The highest BCUT2D eigenvalue weighted by molar-refractivity contribution is 5.58. The van der Waals surface area contributed by atoms with Gasteiger partial charge in [0.15, 0.2) is 0 Å². The Kier molecular flexibility index (Phi) is 4.21. The second-order valence-electron chi connectivity index (χ2n) is 3.18. The van der Waals surface area contributed by atoms with E-state index in [1.54, 1.807) is 0 Å². The average molecular weight is 154 g/mol. The van der Waals surface area contributed by atoms with Gasteiger partial charge in [0, 0.05) is 0 Å². The summed E-state index contributed by atoms with van der Waals surface area (Å²) in [5, 5.41) is 3.19. The van der Waals surface area contributed by atoms with E-state index < -0.39 is 0 Å². The van der Waals surface area contributed by atoms with Gasteiger partial charge in [0.2, 0.25) is 6.29 Å². The second kappa shape index (κ2) is 5.30. The van der Waals surface area contributed by atoms with Crippen molar-refractivity contribution in [2.75, 3.05) is 6.54 Å². The van der Waals surface area contributed by atoms with E-state index in [9.17, 15) is 4.79 Å². The van der Waals surface area contributed by atoms with Crippen LogP contribution in [-0.4, -0.2) is 18.9 Å². The van der Waals surface area contributed by atoms with Crippen LogP contribution < -0.4 is 5.32 Å². The van der Waals surface area contributed by atoms with E-state index in [2.05, 4.69) is 5.32 Å². The first-order valence-corrected chi connectivity index (χ1v) is 4.54. The van der Waals surface area contributed by atoms with Gasteiger partial charge in [-0.3, -0.25) is 4.79 Å². The molecule has 0 spiro atoms. The van der Waals surface area contributed by atoms with E-state index >= 15 is 0 Å². The summed E-state index contributed by atoms with van der Waals surface area (Å²) in [7, 11) is 0. The van der Waals surface area contributed by atoms with Crippen LogP contribution >= 0.6 is 0 Å². The molecular weight excluding hydrogens is 138 g/mol. The molecule has 1 N–H and O–H groups in total. The summed E-state index contributed by atoms with van der Waals surface area (Å²) in [4.78, 5) is 10.3. The molecule has 1 aliphatic rings. The molecule has 1 atom stereocenters. The van der Waals surface area contributed by atoms with Crippen LogP contribution in [-0.2, 0) is 4.79 Å². The SMILES string of the molecule is O=[C]C1CCCCCCCN1. The Morgan fingerprint density at radius 1 is 1.09 bits per heavy atom. The van der Waals surface area contributed by atoms with Crippen LogP contribution in [0.2, 0.25) is 0 Å². The molecule has 1 saturated heterocycles. The lowest BCUT2D eigenvalue weighted by atomic mass is 10.1. The lowest BCUT2D eigenvalue weighted by Gasteiger charge is -2.08. The Morgan fingerprint density at radius 2 is 1.82 bits per heavy atom. The van der Waals surface area contributed by atoms with Crippen LogP contribution in [0.15, 0.2) is 0 Å². The van der Waals surface area contributed by atoms with Crippen LogP contribution in [0, 0.1) is 0 Å². The van der Waals surface area contributed by atoms with Gasteiger partial charge in [-0.2, -0.15) is 0 Å². The summed E-state index contributed by atoms with van der Waals surface area (Å²) < 4.78 is 0. The van der Waals surface area contributed by atoms with Crippen molar-refractivity contribution >= 4 is 6.29 Å². The first kappa shape index (κ1) is 8.72. The first-order chi connectivity index (χ1) is 5.43. The Bertz CT molecular complexity index is 104. The number of hydrogen-bond donors (Lipinski definition) is 1. The smallest absolute Gasteiger partial charge is 0.216 e. The third-order valence-corrected chi connectivity index (χ3v) is 2.20. The topological polar surface area (TPSA) is 29.1 Å². The average Bonchev–Trinajstić information content (AvgIpc) is 2.16. The Labute approximate surface area is 68.4 Å². The highest BCUT2D eigenvalue weighted by atomic mass is 16.1. The maximum atomic E-state index is 10.3. The highest BCUT2D eigenvalue weighted by Crippen LogP contribution is 2.08. The molecule has 0 aromatic heterocycles. The van der Waals surface area contributed by atoms with Crippen LogP contribution in [0.3, 0.4) is 0 Å². The zero-order valence-corrected chi connectivity index (χ0v) is 6.94. The van der Waals surface area contributed by atoms with E-state index in [1.807, 2.05) is 6.29 Å². The van der Waals surface area contributed by atoms with E-state index in [4.69, 9.17) is 0 Å². The van der Waals surface area contributed by atoms with Gasteiger partial charge in [-0.1, -0.05) is 25.7 Å². The fourth-order valence-corrected chi connectivity index (χ4v) is 1.48. The molecule has 2 nitrogen and oxygen atoms in total. The monoisotopic (exact) mass is 154 g/mol. The maximum Gasteiger partial charge on any atom is 0.216 e. The van der Waals surface area contributed by atoms with Gasteiger partial charge in [0.05, 0.1) is 6.04 Å². The van der Waals surface area contributed by atoms with E-state index in [-0.39, 0.29) is 6.04 Å². The van der Waals surface area contributed by atoms with Gasteiger partial charge in [-0.05, 0) is 19.4 Å². The quantitative estimate of drug-likeness (QED) is 0.618. The fourth-order valence-electron chi connectivity index (χ4n) is 1.48. The summed E-state index contributed by atoms with van der Waals surface area (Å²) in [5.41, 5.74) is 0. The molecule has 1 fully saturated rings. The minimum absolute atomic E-state index is 0.00750. The van der Waals surface area contributed by atoms with Crippen molar-refractivity contribution in [1.82, 2.24) is 5.32 Å². The molecule has 0 aromatic rings. The predicted octanol–water partition coefficient (Wildman–Crippen LogP) is 1.41. The van der Waals surface area contributed by atoms with Gasteiger partial charge >= 0.3 is 0 Å². The van der Waals surface area contributed by atoms with E-state index in [1.165, 1.54) is 32.1 Å². The van der Waals surface area contributed by atoms with Crippen molar-refractivity contribution in [3.05, 3.63) is 0 Å². The maximum absolute atomic E-state index is 10.3. The van der Waals surface area contributed by atoms with Crippen LogP contribution in [0.5, 0.6) is 0 Å². The van der Waals surface area contributed by atoms with Gasteiger partial charge in [0.1, 0.15) is 0 Å². The zero-order valence-electron chi connectivity index (χ0n) is 6.94. The summed E-state index contributed by atoms with van der Waals surface area (Å²) in [6, 6.07) is 0.00750. The van der Waals surface area contributed by atoms with Crippen molar-refractivity contribution in [3.63, 3.8) is 0 Å². The molecule has 11 heavy (non-hydrogen) atoms. The van der Waals surface area contributed by atoms with Crippen molar-refractivity contribution in [2.45, 2.75) is 44.6 Å². The Hall–Kier alpha value is -0.370. The van der Waals surface area contributed by atoms with Crippen molar-refractivity contribution in [1.29, 1.82) is 0 Å². The molecule has 1 unspecified atom stereocenters. The first-order valence-electron chi connectivity index (χ1n) is 4.54. The van der Waals surface area contributed by atoms with Crippen molar-refractivity contribution in [2.24, 2.45) is 0 Å². The zero-order chi connectivity index (χ0) is 7.94. The number of nitrogens with one attached hydrogen (secondary N) is 1. The summed E-state index contributed by atoms with van der Waals surface area (Å²) in [6.45, 7) is 0.986. The molecular formula is C9H16NO. The molecule has 2 heteroatoms. The third-order valence-electron chi connectivity index (χ3n) is 2.20. The second-order valence-corrected chi connectivity index (χ2v) is 3.18. The molecule has 1 heterocycles. The van der Waals surface area contributed by atoms with Gasteiger partial charge < -0.3 is 5.32 Å². The third kappa shape index (κ3) is 3.51. The molecule has 1 radical (unpaired) electrons. The molecule has 0 saturated carbocycles. The normalized spacial score (nSPS) is 28.2. The van der Waals surface area contributed by atoms with Crippen LogP contribution in [0.25, 0.3) is 0 Å². The number of carbonyl (C=O) groups excluding carboxylic acids is 1. The Morgan fingerprint density at radius 3 is 2.64 bits per heavy atom. The van der Waals surface area contributed by atoms with Gasteiger partial charge in [0.25, 0.3) is 0 Å². The number of rotatable bonds is 1. The minimum atomic E-state index is 0.00750. The molecule has 0 bridgehead atoms. The molecule has 63 valence electrons. The molecule has 0 amide bonds. The predicted molar refractivity (Wildman–Crippen MR) is 45.2 cm³/mol. The molecule has 0 aliphatic carbocycles. The van der Waals surface area contributed by atoms with E-state index in [0.29, 0.717) is 0 Å². The van der Waals surface area contributed by atoms with Crippen LogP contribution in [0.1, 0.15) is 38.5 Å². The summed E-state index contributed by atoms with van der Waals surface area (Å²) >= 11 is 0. The van der Waals surface area contributed by atoms with Crippen molar-refractivity contribution < 1.29 is 4.79 Å².